The summed E-state index contributed by atoms with van der Waals surface area (Å²) in [6.07, 6.45) is 1.29. The largest absolute Gasteiger partial charge is 0.496 e. The van der Waals surface area contributed by atoms with Crippen LogP contribution in [0.3, 0.4) is 0 Å². The summed E-state index contributed by atoms with van der Waals surface area (Å²) in [6, 6.07) is 7.66. The number of halogens is 1. The minimum atomic E-state index is -0.0926. The smallest absolute Gasteiger partial charge is 0.242 e. The minimum absolute atomic E-state index is 0. The first-order valence-corrected chi connectivity index (χ1v) is 8.92. The number of carbonyl (C=O) groups excluding carboxylic acids is 2. The first kappa shape index (κ1) is 22.3. The Morgan fingerprint density at radius 2 is 2.08 bits per heavy atom. The van der Waals surface area contributed by atoms with Crippen molar-refractivity contribution in [2.24, 2.45) is 5.92 Å². The molecule has 146 valence electrons. The second-order valence-corrected chi connectivity index (χ2v) is 6.76. The summed E-state index contributed by atoms with van der Waals surface area (Å²) in [5, 5.41) is 6.08. The molecular weight excluding hydrogens is 354 g/mol. The molecule has 0 bridgehead atoms. The van der Waals surface area contributed by atoms with Crippen molar-refractivity contribution in [3.63, 3.8) is 0 Å². The molecule has 1 aliphatic heterocycles. The van der Waals surface area contributed by atoms with E-state index < -0.39 is 0 Å². The molecule has 26 heavy (non-hydrogen) atoms. The molecule has 1 fully saturated rings. The number of ether oxygens (including phenoxy) is 1. The van der Waals surface area contributed by atoms with Crippen molar-refractivity contribution in [2.75, 3.05) is 33.3 Å². The van der Waals surface area contributed by atoms with E-state index in [-0.39, 0.29) is 36.8 Å². The molecule has 0 spiro atoms. The molecule has 0 aliphatic carbocycles. The number of para-hydroxylation sites is 1. The number of rotatable bonds is 7. The number of methoxy groups -OCH3 is 1. The zero-order valence-corrected chi connectivity index (χ0v) is 16.6. The van der Waals surface area contributed by atoms with Gasteiger partial charge in [-0.3, -0.25) is 9.59 Å². The molecular formula is C19H30ClN3O3. The molecule has 2 amide bonds. The lowest BCUT2D eigenvalue weighted by atomic mass is 10.0. The van der Waals surface area contributed by atoms with E-state index in [0.717, 1.165) is 24.3 Å². The quantitative estimate of drug-likeness (QED) is 0.756. The van der Waals surface area contributed by atoms with Crippen molar-refractivity contribution >= 4 is 24.2 Å². The Balaban J connectivity index is 0.00000338. The SMILES string of the molecule is COc1ccccc1C1CNCCN1C(=O)CNC(=O)CCC(C)C.Cl. The normalized spacial score (nSPS) is 16.8. The maximum atomic E-state index is 12.7. The molecule has 1 aliphatic rings. The number of piperazine rings is 1. The molecule has 0 radical (unpaired) electrons. The number of carbonyl (C=O) groups is 2. The fourth-order valence-electron chi connectivity index (χ4n) is 3.01. The molecule has 1 heterocycles. The molecule has 2 rings (SSSR count). The summed E-state index contributed by atoms with van der Waals surface area (Å²) in [6.45, 7) is 6.24. The van der Waals surface area contributed by atoms with Gasteiger partial charge in [-0.25, -0.2) is 0 Å². The molecule has 6 nitrogen and oxygen atoms in total. The number of benzene rings is 1. The van der Waals surface area contributed by atoms with Crippen LogP contribution in [-0.4, -0.2) is 50.0 Å². The Morgan fingerprint density at radius 1 is 1.35 bits per heavy atom. The highest BCUT2D eigenvalue weighted by atomic mass is 35.5. The van der Waals surface area contributed by atoms with Gasteiger partial charge in [-0.05, 0) is 18.4 Å². The summed E-state index contributed by atoms with van der Waals surface area (Å²) >= 11 is 0. The lowest BCUT2D eigenvalue weighted by molar-refractivity contribution is -0.135. The molecule has 0 aromatic heterocycles. The highest BCUT2D eigenvalue weighted by Gasteiger charge is 2.29. The van der Waals surface area contributed by atoms with Gasteiger partial charge in [0, 0.05) is 31.6 Å². The summed E-state index contributed by atoms with van der Waals surface area (Å²) in [5.74, 6) is 1.13. The van der Waals surface area contributed by atoms with Crippen LogP contribution in [0.4, 0.5) is 0 Å². The van der Waals surface area contributed by atoms with Crippen molar-refractivity contribution in [2.45, 2.75) is 32.7 Å². The van der Waals surface area contributed by atoms with Crippen LogP contribution >= 0.6 is 12.4 Å². The fourth-order valence-corrected chi connectivity index (χ4v) is 3.01. The first-order chi connectivity index (χ1) is 12.0. The standard InChI is InChI=1S/C19H29N3O3.ClH/c1-14(2)8-9-18(23)21-13-19(24)22-11-10-20-12-16(22)15-6-4-5-7-17(15)25-3;/h4-7,14,16,20H,8-13H2,1-3H3,(H,21,23);1H. The number of hydrogen-bond donors (Lipinski definition) is 2. The number of nitrogens with zero attached hydrogens (tertiary/aromatic N) is 1. The van der Waals surface area contributed by atoms with Gasteiger partial charge in [0.15, 0.2) is 0 Å². The van der Waals surface area contributed by atoms with Crippen LogP contribution in [0.1, 0.15) is 38.3 Å². The van der Waals surface area contributed by atoms with Gasteiger partial charge in [0.05, 0.1) is 19.7 Å². The van der Waals surface area contributed by atoms with Crippen LogP contribution in [-0.2, 0) is 9.59 Å². The molecule has 1 aromatic carbocycles. The van der Waals surface area contributed by atoms with Gasteiger partial charge >= 0.3 is 0 Å². The highest BCUT2D eigenvalue weighted by Crippen LogP contribution is 2.30. The van der Waals surface area contributed by atoms with E-state index in [1.54, 1.807) is 7.11 Å². The third kappa shape index (κ3) is 6.18. The van der Waals surface area contributed by atoms with E-state index in [0.29, 0.717) is 25.4 Å². The Bertz CT molecular complexity index is 595. The third-order valence-electron chi connectivity index (χ3n) is 4.45. The van der Waals surface area contributed by atoms with Crippen molar-refractivity contribution < 1.29 is 14.3 Å². The van der Waals surface area contributed by atoms with Gasteiger partial charge in [-0.1, -0.05) is 32.0 Å². The number of nitrogens with one attached hydrogen (secondary N) is 2. The zero-order chi connectivity index (χ0) is 18.2. The van der Waals surface area contributed by atoms with Gasteiger partial charge in [0.25, 0.3) is 0 Å². The summed E-state index contributed by atoms with van der Waals surface area (Å²) in [7, 11) is 1.64. The van der Waals surface area contributed by atoms with Gasteiger partial charge in [0.2, 0.25) is 11.8 Å². The minimum Gasteiger partial charge on any atom is -0.496 e. The average Bonchev–Trinajstić information content (AvgIpc) is 2.64. The average molecular weight is 384 g/mol. The zero-order valence-electron chi connectivity index (χ0n) is 15.8. The molecule has 1 unspecified atom stereocenters. The van der Waals surface area contributed by atoms with Gasteiger partial charge < -0.3 is 20.3 Å². The van der Waals surface area contributed by atoms with Crippen LogP contribution in [0, 0.1) is 5.92 Å². The van der Waals surface area contributed by atoms with E-state index in [9.17, 15) is 9.59 Å². The van der Waals surface area contributed by atoms with Crippen molar-refractivity contribution in [1.82, 2.24) is 15.5 Å². The number of amides is 2. The first-order valence-electron chi connectivity index (χ1n) is 8.92. The third-order valence-corrected chi connectivity index (χ3v) is 4.45. The topological polar surface area (TPSA) is 70.7 Å². The van der Waals surface area contributed by atoms with Crippen molar-refractivity contribution in [3.8, 4) is 5.75 Å². The molecule has 2 N–H and O–H groups in total. The Hall–Kier alpha value is -1.79. The van der Waals surface area contributed by atoms with Gasteiger partial charge in [-0.15, -0.1) is 12.4 Å². The summed E-state index contributed by atoms with van der Waals surface area (Å²) < 4.78 is 5.44. The molecule has 1 aromatic rings. The van der Waals surface area contributed by atoms with Crippen LogP contribution < -0.4 is 15.4 Å². The molecule has 1 atom stereocenters. The fraction of sp³-hybridized carbons (Fsp3) is 0.579. The highest BCUT2D eigenvalue weighted by molar-refractivity contribution is 5.85. The van der Waals surface area contributed by atoms with Crippen LogP contribution in [0.2, 0.25) is 0 Å². The molecule has 1 saturated heterocycles. The second kappa shape index (κ2) is 11.0. The van der Waals surface area contributed by atoms with Gasteiger partial charge in [-0.2, -0.15) is 0 Å². The maximum Gasteiger partial charge on any atom is 0.242 e. The Morgan fingerprint density at radius 3 is 2.77 bits per heavy atom. The van der Waals surface area contributed by atoms with Gasteiger partial charge in [0.1, 0.15) is 5.75 Å². The van der Waals surface area contributed by atoms with E-state index in [1.165, 1.54) is 0 Å². The van der Waals surface area contributed by atoms with E-state index >= 15 is 0 Å². The summed E-state index contributed by atoms with van der Waals surface area (Å²) in [5.41, 5.74) is 0.983. The van der Waals surface area contributed by atoms with Crippen molar-refractivity contribution in [1.29, 1.82) is 0 Å². The Kier molecular flexibility index (Phi) is 9.44. The van der Waals surface area contributed by atoms with Crippen LogP contribution in [0.5, 0.6) is 5.75 Å². The van der Waals surface area contributed by atoms with Crippen LogP contribution in [0.15, 0.2) is 24.3 Å². The summed E-state index contributed by atoms with van der Waals surface area (Å²) in [4.78, 5) is 26.4. The van der Waals surface area contributed by atoms with E-state index in [2.05, 4.69) is 24.5 Å². The monoisotopic (exact) mass is 383 g/mol. The van der Waals surface area contributed by atoms with E-state index in [4.69, 9.17) is 4.74 Å². The maximum absolute atomic E-state index is 12.7. The number of hydrogen-bond acceptors (Lipinski definition) is 4. The van der Waals surface area contributed by atoms with Crippen LogP contribution in [0.25, 0.3) is 0 Å². The van der Waals surface area contributed by atoms with Crippen molar-refractivity contribution in [3.05, 3.63) is 29.8 Å². The predicted octanol–water partition coefficient (Wildman–Crippen LogP) is 2.14. The lowest BCUT2D eigenvalue weighted by Crippen LogP contribution is -2.51. The lowest BCUT2D eigenvalue weighted by Gasteiger charge is -2.37. The Labute approximate surface area is 162 Å². The second-order valence-electron chi connectivity index (χ2n) is 6.76. The van der Waals surface area contributed by atoms with E-state index in [1.807, 2.05) is 29.2 Å². The molecule has 0 saturated carbocycles. The molecule has 7 heteroatoms. The predicted molar refractivity (Wildman–Crippen MR) is 105 cm³/mol.